The summed E-state index contributed by atoms with van der Waals surface area (Å²) in [6, 6.07) is 12.5. The zero-order valence-electron chi connectivity index (χ0n) is 20.4. The topological polar surface area (TPSA) is 104 Å². The molecule has 0 radical (unpaired) electrons. The van der Waals surface area contributed by atoms with Crippen LogP contribution in [-0.2, 0) is 0 Å². The lowest BCUT2D eigenvalue weighted by atomic mass is 10.0. The van der Waals surface area contributed by atoms with Gasteiger partial charge in [-0.1, -0.05) is 12.1 Å². The number of aromatic nitrogens is 6. The van der Waals surface area contributed by atoms with Gasteiger partial charge in [0.15, 0.2) is 0 Å². The van der Waals surface area contributed by atoms with Gasteiger partial charge in [-0.2, -0.15) is 5.10 Å². The van der Waals surface area contributed by atoms with Crippen LogP contribution in [0.1, 0.15) is 12.8 Å². The molecule has 6 heterocycles. The van der Waals surface area contributed by atoms with E-state index in [0.29, 0.717) is 0 Å². The normalized spacial score (nSPS) is 14.3. The quantitative estimate of drug-likeness (QED) is 0.286. The number of hydrogen-bond acceptors (Lipinski definition) is 6. The van der Waals surface area contributed by atoms with Gasteiger partial charge in [-0.05, 0) is 61.8 Å². The molecule has 7 rings (SSSR count). The van der Waals surface area contributed by atoms with Crippen molar-refractivity contribution < 1.29 is 9.13 Å². The second-order valence-corrected chi connectivity index (χ2v) is 9.50. The largest absolute Gasteiger partial charge is 0.489 e. The highest BCUT2D eigenvalue weighted by Crippen LogP contribution is 2.34. The Kier molecular flexibility index (Phi) is 5.55. The predicted octanol–water partition coefficient (Wildman–Crippen LogP) is 5.50. The number of pyridine rings is 3. The third-order valence-corrected chi connectivity index (χ3v) is 7.00. The molecular weight excluding hydrogens is 481 g/mol. The molecule has 9 heteroatoms. The van der Waals surface area contributed by atoms with Gasteiger partial charge in [0.1, 0.15) is 23.4 Å². The average Bonchev–Trinajstić information content (AvgIpc) is 3.58. The zero-order valence-corrected chi connectivity index (χ0v) is 20.4. The molecule has 0 amide bonds. The fourth-order valence-electron chi connectivity index (χ4n) is 5.05. The second-order valence-electron chi connectivity index (χ2n) is 9.50. The summed E-state index contributed by atoms with van der Waals surface area (Å²) < 4.78 is 19.7. The first kappa shape index (κ1) is 22.6. The first-order valence-corrected chi connectivity index (χ1v) is 12.6. The Morgan fingerprint density at radius 2 is 1.66 bits per heavy atom. The van der Waals surface area contributed by atoms with Gasteiger partial charge < -0.3 is 15.0 Å². The van der Waals surface area contributed by atoms with E-state index in [4.69, 9.17) is 4.74 Å². The Labute approximate surface area is 217 Å². The Bertz CT molecular complexity index is 1750. The fourth-order valence-corrected chi connectivity index (χ4v) is 5.05. The number of rotatable bonds is 5. The summed E-state index contributed by atoms with van der Waals surface area (Å²) in [6.07, 6.45) is 11.1. The summed E-state index contributed by atoms with van der Waals surface area (Å²) in [4.78, 5) is 16.9. The van der Waals surface area contributed by atoms with Gasteiger partial charge in [-0.3, -0.25) is 20.1 Å². The van der Waals surface area contributed by atoms with Crippen molar-refractivity contribution in [2.75, 3.05) is 13.1 Å². The minimum absolute atomic E-state index is 0.195. The van der Waals surface area contributed by atoms with Crippen LogP contribution in [0.25, 0.3) is 55.6 Å². The van der Waals surface area contributed by atoms with Crippen LogP contribution in [0.15, 0.2) is 73.4 Å². The van der Waals surface area contributed by atoms with Gasteiger partial charge in [0, 0.05) is 34.3 Å². The number of nitrogens with one attached hydrogen (secondary N) is 3. The molecule has 1 aliphatic heterocycles. The number of piperidine rings is 1. The van der Waals surface area contributed by atoms with E-state index < -0.39 is 0 Å². The lowest BCUT2D eigenvalue weighted by Gasteiger charge is -2.23. The summed E-state index contributed by atoms with van der Waals surface area (Å²) >= 11 is 0. The third kappa shape index (κ3) is 4.16. The molecular formula is C29H24FN7O. The summed E-state index contributed by atoms with van der Waals surface area (Å²) in [6.45, 7) is 1.93. The molecule has 188 valence electrons. The molecule has 1 aromatic carbocycles. The number of nitrogens with zero attached hydrogens (tertiary/aromatic N) is 4. The molecule has 0 unspecified atom stereocenters. The Balaban J connectivity index is 1.25. The Hall–Kier alpha value is -4.63. The SMILES string of the molecule is Fc1ccc(-c2cncc3[nH]c(-c4n[nH]c5cnc(-c6cncc(OC7CCNCC7)c6)cc45)cc23)cc1. The lowest BCUT2D eigenvalue weighted by Crippen LogP contribution is -2.34. The van der Waals surface area contributed by atoms with Gasteiger partial charge in [0.25, 0.3) is 0 Å². The highest BCUT2D eigenvalue weighted by atomic mass is 19.1. The summed E-state index contributed by atoms with van der Waals surface area (Å²) in [5.74, 6) is 0.481. The third-order valence-electron chi connectivity index (χ3n) is 7.00. The summed E-state index contributed by atoms with van der Waals surface area (Å²) in [7, 11) is 0. The summed E-state index contributed by atoms with van der Waals surface area (Å²) in [5.41, 5.74) is 6.81. The molecule has 0 atom stereocenters. The molecule has 5 aromatic heterocycles. The van der Waals surface area contributed by atoms with Crippen molar-refractivity contribution in [1.82, 2.24) is 35.5 Å². The second kappa shape index (κ2) is 9.35. The van der Waals surface area contributed by atoms with Crippen LogP contribution in [0.5, 0.6) is 5.75 Å². The smallest absolute Gasteiger partial charge is 0.138 e. The van der Waals surface area contributed by atoms with Crippen molar-refractivity contribution in [2.45, 2.75) is 18.9 Å². The van der Waals surface area contributed by atoms with E-state index in [1.807, 2.05) is 12.1 Å². The maximum atomic E-state index is 13.5. The standard InChI is InChI=1S/C29H24FN7O/c30-19-3-1-17(2-4-19)24-14-33-15-27-22(24)10-26(35-27)29-23-11-25(34-16-28(23)36-37-29)18-9-21(13-32-12-18)38-20-5-7-31-8-6-20/h1-4,9-16,20,31,35H,5-8H2,(H,36,37). The first-order chi connectivity index (χ1) is 18.7. The van der Waals surface area contributed by atoms with E-state index in [1.165, 1.54) is 12.1 Å². The number of benzene rings is 1. The van der Waals surface area contributed by atoms with Crippen LogP contribution in [0, 0.1) is 5.82 Å². The monoisotopic (exact) mass is 505 g/mol. The van der Waals surface area contributed by atoms with Crippen molar-refractivity contribution in [1.29, 1.82) is 0 Å². The van der Waals surface area contributed by atoms with Crippen LogP contribution in [-0.4, -0.2) is 49.3 Å². The first-order valence-electron chi connectivity index (χ1n) is 12.6. The van der Waals surface area contributed by atoms with Crippen LogP contribution in [0.4, 0.5) is 4.39 Å². The highest BCUT2D eigenvalue weighted by molar-refractivity contribution is 6.01. The number of aromatic amines is 2. The molecule has 3 N–H and O–H groups in total. The highest BCUT2D eigenvalue weighted by Gasteiger charge is 2.17. The van der Waals surface area contributed by atoms with Crippen molar-refractivity contribution in [2.24, 2.45) is 0 Å². The molecule has 0 saturated carbocycles. The zero-order chi connectivity index (χ0) is 25.5. The van der Waals surface area contributed by atoms with Crippen LogP contribution < -0.4 is 10.1 Å². The molecule has 8 nitrogen and oxygen atoms in total. The van der Waals surface area contributed by atoms with Crippen LogP contribution in [0.3, 0.4) is 0 Å². The maximum absolute atomic E-state index is 13.5. The van der Waals surface area contributed by atoms with Gasteiger partial charge >= 0.3 is 0 Å². The molecule has 1 saturated heterocycles. The number of fused-ring (bicyclic) bond motifs is 2. The minimum atomic E-state index is -0.269. The fraction of sp³-hybridized carbons (Fsp3) is 0.172. The number of ether oxygens (including phenoxy) is 1. The lowest BCUT2D eigenvalue weighted by molar-refractivity contribution is 0.162. The molecule has 6 aromatic rings. The molecule has 0 spiro atoms. The van der Waals surface area contributed by atoms with Crippen molar-refractivity contribution >= 4 is 21.8 Å². The Morgan fingerprint density at radius 3 is 2.53 bits per heavy atom. The van der Waals surface area contributed by atoms with Crippen LogP contribution >= 0.6 is 0 Å². The molecule has 38 heavy (non-hydrogen) atoms. The van der Waals surface area contributed by atoms with E-state index >= 15 is 0 Å². The minimum Gasteiger partial charge on any atom is -0.489 e. The van der Waals surface area contributed by atoms with E-state index in [9.17, 15) is 4.39 Å². The van der Waals surface area contributed by atoms with Crippen LogP contribution in [0.2, 0.25) is 0 Å². The van der Waals surface area contributed by atoms with E-state index in [1.54, 1.807) is 43.1 Å². The van der Waals surface area contributed by atoms with Gasteiger partial charge in [0.05, 0.1) is 41.0 Å². The average molecular weight is 506 g/mol. The van der Waals surface area contributed by atoms with E-state index in [2.05, 4.69) is 41.5 Å². The van der Waals surface area contributed by atoms with E-state index in [0.717, 1.165) is 87.3 Å². The van der Waals surface area contributed by atoms with Crippen molar-refractivity contribution in [3.63, 3.8) is 0 Å². The molecule has 1 aliphatic rings. The van der Waals surface area contributed by atoms with E-state index in [-0.39, 0.29) is 11.9 Å². The number of halogens is 1. The summed E-state index contributed by atoms with van der Waals surface area (Å²) in [5, 5.41) is 13.0. The molecule has 0 aliphatic carbocycles. The number of H-pyrrole nitrogens is 2. The Morgan fingerprint density at radius 1 is 0.816 bits per heavy atom. The van der Waals surface area contributed by atoms with Gasteiger partial charge in [0.2, 0.25) is 0 Å². The predicted molar refractivity (Wildman–Crippen MR) is 144 cm³/mol. The number of hydrogen-bond donors (Lipinski definition) is 3. The van der Waals surface area contributed by atoms with Crippen molar-refractivity contribution in [3.8, 4) is 39.5 Å². The molecule has 0 bridgehead atoms. The van der Waals surface area contributed by atoms with Gasteiger partial charge in [-0.25, -0.2) is 4.39 Å². The van der Waals surface area contributed by atoms with Gasteiger partial charge in [-0.15, -0.1) is 0 Å². The molecule has 1 fully saturated rings. The van der Waals surface area contributed by atoms with Crippen molar-refractivity contribution in [3.05, 3.63) is 79.3 Å². The maximum Gasteiger partial charge on any atom is 0.138 e.